The highest BCUT2D eigenvalue weighted by molar-refractivity contribution is 5.11. The van der Waals surface area contributed by atoms with Gasteiger partial charge in [0.05, 0.1) is 5.69 Å². The van der Waals surface area contributed by atoms with Crippen molar-refractivity contribution in [2.75, 3.05) is 6.54 Å². The fraction of sp³-hybridized carbons (Fsp3) is 0.824. The third-order valence-corrected chi connectivity index (χ3v) is 5.00. The van der Waals surface area contributed by atoms with Gasteiger partial charge < -0.3 is 5.32 Å². The molecule has 1 N–H and O–H groups in total. The van der Waals surface area contributed by atoms with Crippen LogP contribution in [0.25, 0.3) is 0 Å². The highest BCUT2D eigenvalue weighted by Crippen LogP contribution is 2.33. The van der Waals surface area contributed by atoms with Gasteiger partial charge in [0.1, 0.15) is 0 Å². The molecule has 1 aromatic rings. The van der Waals surface area contributed by atoms with Crippen molar-refractivity contribution in [1.29, 1.82) is 0 Å². The van der Waals surface area contributed by atoms with Crippen molar-refractivity contribution in [2.45, 2.75) is 65.3 Å². The average molecular weight is 277 g/mol. The maximum absolute atomic E-state index is 4.60. The second-order valence-corrected chi connectivity index (χ2v) is 6.32. The van der Waals surface area contributed by atoms with E-state index in [0.717, 1.165) is 24.8 Å². The van der Waals surface area contributed by atoms with Crippen molar-refractivity contribution in [3.63, 3.8) is 0 Å². The molecule has 1 heterocycles. The van der Waals surface area contributed by atoms with Crippen molar-refractivity contribution >= 4 is 0 Å². The van der Waals surface area contributed by atoms with Crippen molar-refractivity contribution < 1.29 is 0 Å². The molecule has 0 saturated heterocycles. The molecular weight excluding hydrogens is 246 g/mol. The molecule has 3 heteroatoms. The van der Waals surface area contributed by atoms with E-state index in [1.165, 1.54) is 43.5 Å². The first-order chi connectivity index (χ1) is 9.67. The lowest BCUT2D eigenvalue weighted by Gasteiger charge is -2.36. The molecule has 114 valence electrons. The standard InChI is InChI=1S/C17H31N3/c1-5-13-8-9-17(18-7-3)14(10-13)11-16-12-15(6-2)19-20(16)4/h12-14,17-18H,5-11H2,1-4H3. The van der Waals surface area contributed by atoms with Gasteiger partial charge in [-0.05, 0) is 56.6 Å². The lowest BCUT2D eigenvalue weighted by molar-refractivity contribution is 0.198. The van der Waals surface area contributed by atoms with E-state index >= 15 is 0 Å². The Bertz CT molecular complexity index is 410. The van der Waals surface area contributed by atoms with Gasteiger partial charge in [-0.2, -0.15) is 5.10 Å². The summed E-state index contributed by atoms with van der Waals surface area (Å²) in [6.07, 6.45) is 7.66. The van der Waals surface area contributed by atoms with E-state index in [4.69, 9.17) is 0 Å². The summed E-state index contributed by atoms with van der Waals surface area (Å²) in [5.41, 5.74) is 2.64. The average Bonchev–Trinajstić information content (AvgIpc) is 2.81. The van der Waals surface area contributed by atoms with Crippen LogP contribution in [-0.2, 0) is 19.9 Å². The molecule has 3 atom stereocenters. The summed E-state index contributed by atoms with van der Waals surface area (Å²) >= 11 is 0. The zero-order valence-corrected chi connectivity index (χ0v) is 13.7. The fourth-order valence-corrected chi connectivity index (χ4v) is 3.69. The second-order valence-electron chi connectivity index (χ2n) is 6.32. The largest absolute Gasteiger partial charge is 0.314 e. The van der Waals surface area contributed by atoms with E-state index in [9.17, 15) is 0 Å². The van der Waals surface area contributed by atoms with Crippen molar-refractivity contribution in [3.05, 3.63) is 17.5 Å². The Labute approximate surface area is 124 Å². The minimum atomic E-state index is 0.697. The molecule has 20 heavy (non-hydrogen) atoms. The molecule has 1 aromatic heterocycles. The first kappa shape index (κ1) is 15.6. The number of hydrogen-bond donors (Lipinski definition) is 1. The maximum Gasteiger partial charge on any atom is 0.0624 e. The summed E-state index contributed by atoms with van der Waals surface area (Å²) in [7, 11) is 2.09. The van der Waals surface area contributed by atoms with Crippen LogP contribution in [0.15, 0.2) is 6.07 Å². The Morgan fingerprint density at radius 1 is 1.30 bits per heavy atom. The maximum atomic E-state index is 4.60. The predicted molar refractivity (Wildman–Crippen MR) is 84.9 cm³/mol. The van der Waals surface area contributed by atoms with Crippen LogP contribution in [0.5, 0.6) is 0 Å². The predicted octanol–water partition coefficient (Wildman–Crippen LogP) is 3.33. The summed E-state index contributed by atoms with van der Waals surface area (Å²) in [5, 5.41) is 8.31. The van der Waals surface area contributed by atoms with Crippen LogP contribution in [0.1, 0.15) is 57.8 Å². The molecule has 0 bridgehead atoms. The number of aromatic nitrogens is 2. The van der Waals surface area contributed by atoms with Crippen molar-refractivity contribution in [1.82, 2.24) is 15.1 Å². The molecule has 1 aliphatic carbocycles. The van der Waals surface area contributed by atoms with Gasteiger partial charge in [0.2, 0.25) is 0 Å². The van der Waals surface area contributed by atoms with Gasteiger partial charge in [-0.3, -0.25) is 4.68 Å². The van der Waals surface area contributed by atoms with Gasteiger partial charge in [-0.1, -0.05) is 27.2 Å². The molecule has 0 aliphatic heterocycles. The van der Waals surface area contributed by atoms with Gasteiger partial charge in [-0.25, -0.2) is 0 Å². The molecule has 0 amide bonds. The first-order valence-electron chi connectivity index (χ1n) is 8.43. The number of hydrogen-bond acceptors (Lipinski definition) is 2. The molecule has 2 rings (SSSR count). The molecule has 0 radical (unpaired) electrons. The molecule has 1 aliphatic rings. The summed E-state index contributed by atoms with van der Waals surface area (Å²) < 4.78 is 2.09. The van der Waals surface area contributed by atoms with E-state index in [0.29, 0.717) is 6.04 Å². The molecule has 1 saturated carbocycles. The van der Waals surface area contributed by atoms with Crippen LogP contribution < -0.4 is 5.32 Å². The summed E-state index contributed by atoms with van der Waals surface area (Å²) in [5.74, 6) is 1.70. The lowest BCUT2D eigenvalue weighted by Crippen LogP contribution is -2.41. The van der Waals surface area contributed by atoms with Crippen LogP contribution in [0.3, 0.4) is 0 Å². The SMILES string of the molecule is CCNC1CCC(CC)CC1Cc1cc(CC)nn1C. The van der Waals surface area contributed by atoms with E-state index in [2.05, 4.69) is 49.0 Å². The van der Waals surface area contributed by atoms with Crippen LogP contribution in [0.2, 0.25) is 0 Å². The summed E-state index contributed by atoms with van der Waals surface area (Å²) in [4.78, 5) is 0. The van der Waals surface area contributed by atoms with Crippen LogP contribution in [0, 0.1) is 11.8 Å². The van der Waals surface area contributed by atoms with Gasteiger partial charge in [0.15, 0.2) is 0 Å². The number of aryl methyl sites for hydroxylation is 2. The summed E-state index contributed by atoms with van der Waals surface area (Å²) in [6.45, 7) is 7.83. The Hall–Kier alpha value is -0.830. The number of nitrogens with one attached hydrogen (secondary N) is 1. The molecule has 0 spiro atoms. The second kappa shape index (κ2) is 7.26. The highest BCUT2D eigenvalue weighted by atomic mass is 15.3. The summed E-state index contributed by atoms with van der Waals surface area (Å²) in [6, 6.07) is 3.00. The van der Waals surface area contributed by atoms with E-state index in [-0.39, 0.29) is 0 Å². The molecule has 3 nitrogen and oxygen atoms in total. The molecule has 0 aromatic carbocycles. The smallest absolute Gasteiger partial charge is 0.0624 e. The van der Waals surface area contributed by atoms with Crippen LogP contribution in [0.4, 0.5) is 0 Å². The van der Waals surface area contributed by atoms with Crippen molar-refractivity contribution in [3.8, 4) is 0 Å². The third kappa shape index (κ3) is 3.63. The normalized spacial score (nSPS) is 26.9. The number of rotatable bonds is 6. The third-order valence-electron chi connectivity index (χ3n) is 5.00. The van der Waals surface area contributed by atoms with Gasteiger partial charge >= 0.3 is 0 Å². The van der Waals surface area contributed by atoms with E-state index in [1.807, 2.05) is 0 Å². The molecule has 1 fully saturated rings. The minimum absolute atomic E-state index is 0.697. The van der Waals surface area contributed by atoms with Crippen LogP contribution in [-0.4, -0.2) is 22.4 Å². The Morgan fingerprint density at radius 3 is 2.70 bits per heavy atom. The van der Waals surface area contributed by atoms with E-state index < -0.39 is 0 Å². The van der Waals surface area contributed by atoms with Gasteiger partial charge in [0.25, 0.3) is 0 Å². The Balaban J connectivity index is 2.07. The topological polar surface area (TPSA) is 29.9 Å². The number of nitrogens with zero attached hydrogens (tertiary/aromatic N) is 2. The van der Waals surface area contributed by atoms with E-state index in [1.54, 1.807) is 0 Å². The minimum Gasteiger partial charge on any atom is -0.314 e. The highest BCUT2D eigenvalue weighted by Gasteiger charge is 2.29. The Morgan fingerprint density at radius 2 is 2.10 bits per heavy atom. The quantitative estimate of drug-likeness (QED) is 0.864. The van der Waals surface area contributed by atoms with Crippen LogP contribution >= 0.6 is 0 Å². The van der Waals surface area contributed by atoms with Gasteiger partial charge in [0, 0.05) is 18.8 Å². The first-order valence-corrected chi connectivity index (χ1v) is 8.43. The molecular formula is C17H31N3. The van der Waals surface area contributed by atoms with Gasteiger partial charge in [-0.15, -0.1) is 0 Å². The zero-order valence-electron chi connectivity index (χ0n) is 13.7. The lowest BCUT2D eigenvalue weighted by atomic mass is 9.75. The monoisotopic (exact) mass is 277 g/mol. The zero-order chi connectivity index (χ0) is 14.5. The molecule has 3 unspecified atom stereocenters. The Kier molecular flexibility index (Phi) is 5.64. The fourth-order valence-electron chi connectivity index (χ4n) is 3.69. The van der Waals surface area contributed by atoms with Crippen molar-refractivity contribution in [2.24, 2.45) is 18.9 Å².